The predicted molar refractivity (Wildman–Crippen MR) is 119 cm³/mol. The second-order valence-electron chi connectivity index (χ2n) is 7.28. The van der Waals surface area contributed by atoms with E-state index in [9.17, 15) is 8.42 Å². The lowest BCUT2D eigenvalue weighted by Crippen LogP contribution is -2.42. The van der Waals surface area contributed by atoms with E-state index in [1.165, 1.54) is 25.6 Å². The summed E-state index contributed by atoms with van der Waals surface area (Å²) in [5.74, 6) is 1.98. The molecule has 1 aliphatic heterocycles. The van der Waals surface area contributed by atoms with Gasteiger partial charge in [-0.25, -0.2) is 8.42 Å². The Bertz CT molecular complexity index is 1180. The number of sulfonamides is 1. The van der Waals surface area contributed by atoms with Crippen molar-refractivity contribution in [3.8, 4) is 23.0 Å². The van der Waals surface area contributed by atoms with Gasteiger partial charge in [0, 0.05) is 25.0 Å². The topological polar surface area (TPSA) is 79.2 Å². The molecule has 0 saturated heterocycles. The van der Waals surface area contributed by atoms with Crippen molar-refractivity contribution in [1.29, 1.82) is 0 Å². The summed E-state index contributed by atoms with van der Waals surface area (Å²) in [6.07, 6.45) is 1.96. The molecule has 1 atom stereocenters. The minimum Gasteiger partial charge on any atom is -0.497 e. The minimum atomic E-state index is -3.81. The Morgan fingerprint density at radius 3 is 2.06 bits per heavy atom. The molecule has 8 nitrogen and oxygen atoms in total. The number of hydrogen-bond donors (Lipinski definition) is 0. The van der Waals surface area contributed by atoms with Crippen molar-refractivity contribution >= 4 is 10.0 Å². The van der Waals surface area contributed by atoms with Gasteiger partial charge < -0.3 is 23.5 Å². The van der Waals surface area contributed by atoms with Gasteiger partial charge in [-0.05, 0) is 54.1 Å². The molecule has 0 fully saturated rings. The van der Waals surface area contributed by atoms with Crippen LogP contribution in [0.25, 0.3) is 0 Å². The first-order valence-electron chi connectivity index (χ1n) is 10.1. The summed E-state index contributed by atoms with van der Waals surface area (Å²) in [5, 5.41) is 0. The summed E-state index contributed by atoms with van der Waals surface area (Å²) >= 11 is 0. The molecule has 0 bridgehead atoms. The van der Waals surface area contributed by atoms with Crippen molar-refractivity contribution in [3.63, 3.8) is 0 Å². The highest BCUT2D eigenvalue weighted by atomic mass is 32.2. The average molecular weight is 459 g/mol. The van der Waals surface area contributed by atoms with Gasteiger partial charge in [-0.15, -0.1) is 0 Å². The van der Waals surface area contributed by atoms with Crippen LogP contribution in [0.5, 0.6) is 23.0 Å². The summed E-state index contributed by atoms with van der Waals surface area (Å²) < 4.78 is 52.7. The van der Waals surface area contributed by atoms with Crippen LogP contribution in [0.2, 0.25) is 0 Å². The number of fused-ring (bicyclic) bond motifs is 1. The lowest BCUT2D eigenvalue weighted by Gasteiger charge is -2.36. The van der Waals surface area contributed by atoms with Gasteiger partial charge in [-0.1, -0.05) is 0 Å². The summed E-state index contributed by atoms with van der Waals surface area (Å²) in [6, 6.07) is 13.3. The number of rotatable bonds is 7. The van der Waals surface area contributed by atoms with Gasteiger partial charge in [0.2, 0.25) is 15.8 Å². The van der Waals surface area contributed by atoms with E-state index in [1.807, 2.05) is 18.3 Å². The summed E-state index contributed by atoms with van der Waals surface area (Å²) in [4.78, 5) is 0.204. The normalized spacial score (nSPS) is 16.3. The first kappa shape index (κ1) is 22.0. The Hall–Kier alpha value is -3.17. The van der Waals surface area contributed by atoms with Crippen molar-refractivity contribution in [1.82, 2.24) is 8.87 Å². The molecule has 9 heteroatoms. The molecule has 0 saturated carbocycles. The Morgan fingerprint density at radius 2 is 1.50 bits per heavy atom. The van der Waals surface area contributed by atoms with E-state index in [0.717, 1.165) is 11.3 Å². The number of methoxy groups -OCH3 is 4. The zero-order valence-electron chi connectivity index (χ0n) is 18.4. The summed E-state index contributed by atoms with van der Waals surface area (Å²) in [5.41, 5.74) is 1.58. The van der Waals surface area contributed by atoms with Crippen LogP contribution in [0.1, 0.15) is 17.3 Å². The van der Waals surface area contributed by atoms with Crippen LogP contribution in [-0.4, -0.2) is 52.3 Å². The van der Waals surface area contributed by atoms with E-state index in [4.69, 9.17) is 18.9 Å². The predicted octanol–water partition coefficient (Wildman–Crippen LogP) is 3.32. The van der Waals surface area contributed by atoms with Crippen LogP contribution in [0.4, 0.5) is 0 Å². The Labute approximate surface area is 187 Å². The van der Waals surface area contributed by atoms with Crippen molar-refractivity contribution in [3.05, 3.63) is 66.0 Å². The maximum atomic E-state index is 13.7. The van der Waals surface area contributed by atoms with Crippen molar-refractivity contribution < 1.29 is 27.4 Å². The second-order valence-corrected chi connectivity index (χ2v) is 9.17. The van der Waals surface area contributed by atoms with Crippen molar-refractivity contribution in [2.75, 3.05) is 35.0 Å². The minimum absolute atomic E-state index is 0.204. The van der Waals surface area contributed by atoms with Gasteiger partial charge in [-0.3, -0.25) is 0 Å². The maximum Gasteiger partial charge on any atom is 0.244 e. The molecule has 1 aromatic heterocycles. The smallest absolute Gasteiger partial charge is 0.244 e. The second kappa shape index (κ2) is 8.76. The highest BCUT2D eigenvalue weighted by Gasteiger charge is 2.38. The zero-order chi connectivity index (χ0) is 22.9. The number of aromatic nitrogens is 1. The van der Waals surface area contributed by atoms with Gasteiger partial charge in [0.25, 0.3) is 0 Å². The molecule has 0 unspecified atom stereocenters. The summed E-state index contributed by atoms with van der Waals surface area (Å²) in [6.45, 7) is 0.871. The molecule has 0 amide bonds. The third-order valence-corrected chi connectivity index (χ3v) is 7.54. The molecule has 32 heavy (non-hydrogen) atoms. The van der Waals surface area contributed by atoms with Gasteiger partial charge >= 0.3 is 0 Å². The molecule has 4 rings (SSSR count). The Balaban J connectivity index is 1.87. The van der Waals surface area contributed by atoms with Crippen LogP contribution < -0.4 is 18.9 Å². The number of ether oxygens (including phenoxy) is 4. The van der Waals surface area contributed by atoms with Crippen LogP contribution >= 0.6 is 0 Å². The van der Waals surface area contributed by atoms with Gasteiger partial charge in [0.1, 0.15) is 5.75 Å². The van der Waals surface area contributed by atoms with E-state index in [2.05, 4.69) is 4.57 Å². The molecule has 170 valence electrons. The van der Waals surface area contributed by atoms with Crippen LogP contribution in [0.15, 0.2) is 59.6 Å². The largest absolute Gasteiger partial charge is 0.497 e. The molecule has 0 radical (unpaired) electrons. The first-order valence-corrected chi connectivity index (χ1v) is 11.5. The fourth-order valence-electron chi connectivity index (χ4n) is 4.10. The molecule has 3 aromatic rings. The lowest BCUT2D eigenvalue weighted by molar-refractivity contribution is 0.293. The van der Waals surface area contributed by atoms with Gasteiger partial charge in [0.05, 0.1) is 39.4 Å². The Morgan fingerprint density at radius 1 is 0.844 bits per heavy atom. The molecule has 0 N–H and O–H groups in total. The fourth-order valence-corrected chi connectivity index (χ4v) is 5.68. The van der Waals surface area contributed by atoms with Crippen LogP contribution in [0, 0.1) is 0 Å². The number of hydrogen-bond acceptors (Lipinski definition) is 6. The van der Waals surface area contributed by atoms with Crippen LogP contribution in [0.3, 0.4) is 0 Å². The SMILES string of the molecule is COc1ccc(S(=O)(=O)N2CCn3cccc3[C@H]2c2cc(OC)c(OC)c(OC)c2)cc1. The molecule has 1 aliphatic rings. The van der Waals surface area contributed by atoms with E-state index < -0.39 is 16.1 Å². The standard InChI is InChI=1S/C23H26N2O6S/c1-28-17-7-9-18(10-8-17)32(26,27)25-13-12-24-11-5-6-19(24)22(25)16-14-20(29-2)23(31-4)21(15-16)30-3/h5-11,14-15,22H,12-13H2,1-4H3/t22-/m1/s1. The third kappa shape index (κ3) is 3.67. The van der Waals surface area contributed by atoms with E-state index in [0.29, 0.717) is 36.1 Å². The monoisotopic (exact) mass is 458 g/mol. The highest BCUT2D eigenvalue weighted by molar-refractivity contribution is 7.89. The molecule has 0 spiro atoms. The average Bonchev–Trinajstić information content (AvgIpc) is 3.31. The zero-order valence-corrected chi connectivity index (χ0v) is 19.3. The maximum absolute atomic E-state index is 13.7. The fraction of sp³-hybridized carbons (Fsp3) is 0.304. The van der Waals surface area contributed by atoms with Crippen molar-refractivity contribution in [2.24, 2.45) is 0 Å². The molecular formula is C23H26N2O6S. The van der Waals surface area contributed by atoms with Crippen molar-refractivity contribution in [2.45, 2.75) is 17.5 Å². The first-order chi connectivity index (χ1) is 15.4. The number of benzene rings is 2. The molecule has 0 aliphatic carbocycles. The summed E-state index contributed by atoms with van der Waals surface area (Å²) in [7, 11) is 2.35. The quantitative estimate of drug-likeness (QED) is 0.541. The lowest BCUT2D eigenvalue weighted by atomic mass is 10.0. The third-order valence-electron chi connectivity index (χ3n) is 5.66. The Kier molecular flexibility index (Phi) is 6.03. The van der Waals surface area contributed by atoms with E-state index in [-0.39, 0.29) is 4.90 Å². The van der Waals surface area contributed by atoms with Gasteiger partial charge in [0.15, 0.2) is 11.5 Å². The highest BCUT2D eigenvalue weighted by Crippen LogP contribution is 2.44. The number of nitrogens with zero attached hydrogens (tertiary/aromatic N) is 2. The van der Waals surface area contributed by atoms with E-state index in [1.54, 1.807) is 43.5 Å². The van der Waals surface area contributed by atoms with Gasteiger partial charge in [-0.2, -0.15) is 4.31 Å². The molecule has 2 aromatic carbocycles. The molecule has 2 heterocycles. The molecular weight excluding hydrogens is 432 g/mol. The van der Waals surface area contributed by atoms with Crippen LogP contribution in [-0.2, 0) is 16.6 Å². The van der Waals surface area contributed by atoms with E-state index >= 15 is 0 Å².